The van der Waals surface area contributed by atoms with Crippen LogP contribution in [0.15, 0.2) is 0 Å². The average Bonchev–Trinajstić information content (AvgIpc) is 2.06. The Labute approximate surface area is 85.3 Å². The van der Waals surface area contributed by atoms with Crippen molar-refractivity contribution < 1.29 is 9.90 Å². The Hall–Kier alpha value is -0.280. The summed E-state index contributed by atoms with van der Waals surface area (Å²) in [6.45, 7) is 1.71. The fourth-order valence-electron chi connectivity index (χ4n) is 1.69. The van der Waals surface area contributed by atoms with Gasteiger partial charge in [-0.3, -0.25) is 4.79 Å². The lowest BCUT2D eigenvalue weighted by atomic mass is 9.95. The summed E-state index contributed by atoms with van der Waals surface area (Å²) < 4.78 is 0. The summed E-state index contributed by atoms with van der Waals surface area (Å²) in [6.07, 6.45) is 6.06. The first-order chi connectivity index (χ1) is 5.70. The largest absolute Gasteiger partial charge is 0.480 e. The first kappa shape index (κ1) is 12.7. The van der Waals surface area contributed by atoms with E-state index >= 15 is 0 Å². The van der Waals surface area contributed by atoms with E-state index in [1.54, 1.807) is 6.92 Å². The highest BCUT2D eigenvalue weighted by Crippen LogP contribution is 2.17. The SMILES string of the molecule is C[C@H](NC1CCCCC1)C(=O)O.Cl. The number of halogens is 1. The number of carboxylic acids is 1. The van der Waals surface area contributed by atoms with Gasteiger partial charge in [-0.2, -0.15) is 0 Å². The standard InChI is InChI=1S/C9H17NO2.ClH/c1-7(9(11)12)10-8-5-3-2-4-6-8;/h7-8,10H,2-6H2,1H3,(H,11,12);1H/t7-;/m0./s1. The molecule has 3 nitrogen and oxygen atoms in total. The van der Waals surface area contributed by atoms with Crippen molar-refractivity contribution in [3.8, 4) is 0 Å². The number of carboxylic acid groups (broad SMARTS) is 1. The second-order valence-corrected chi connectivity index (χ2v) is 3.56. The highest BCUT2D eigenvalue weighted by atomic mass is 35.5. The zero-order chi connectivity index (χ0) is 8.97. The van der Waals surface area contributed by atoms with Gasteiger partial charge in [-0.25, -0.2) is 0 Å². The second-order valence-electron chi connectivity index (χ2n) is 3.56. The van der Waals surface area contributed by atoms with Crippen LogP contribution in [0.25, 0.3) is 0 Å². The van der Waals surface area contributed by atoms with Crippen LogP contribution in [0, 0.1) is 0 Å². The normalized spacial score (nSPS) is 20.4. The Balaban J connectivity index is 0.00000144. The summed E-state index contributed by atoms with van der Waals surface area (Å²) in [5, 5.41) is 11.8. The van der Waals surface area contributed by atoms with E-state index in [0.717, 1.165) is 12.8 Å². The fourth-order valence-corrected chi connectivity index (χ4v) is 1.69. The Morgan fingerprint density at radius 1 is 1.38 bits per heavy atom. The molecule has 78 valence electrons. The van der Waals surface area contributed by atoms with Crippen LogP contribution < -0.4 is 5.32 Å². The van der Waals surface area contributed by atoms with Crippen molar-refractivity contribution in [1.29, 1.82) is 0 Å². The van der Waals surface area contributed by atoms with E-state index in [1.165, 1.54) is 19.3 Å². The molecular formula is C9H18ClNO2. The molecule has 0 unspecified atom stereocenters. The molecule has 0 spiro atoms. The minimum Gasteiger partial charge on any atom is -0.480 e. The minimum absolute atomic E-state index is 0. The van der Waals surface area contributed by atoms with Gasteiger partial charge >= 0.3 is 5.97 Å². The molecule has 1 aliphatic carbocycles. The molecule has 1 rings (SSSR count). The van der Waals surface area contributed by atoms with Gasteiger partial charge in [0.15, 0.2) is 0 Å². The minimum atomic E-state index is -0.749. The maximum Gasteiger partial charge on any atom is 0.320 e. The smallest absolute Gasteiger partial charge is 0.320 e. The predicted molar refractivity (Wildman–Crippen MR) is 54.4 cm³/mol. The van der Waals surface area contributed by atoms with Crippen molar-refractivity contribution in [2.24, 2.45) is 0 Å². The lowest BCUT2D eigenvalue weighted by Gasteiger charge is -2.24. The van der Waals surface area contributed by atoms with E-state index in [4.69, 9.17) is 5.11 Å². The van der Waals surface area contributed by atoms with Gasteiger partial charge in [-0.15, -0.1) is 12.4 Å². The van der Waals surface area contributed by atoms with Gasteiger partial charge < -0.3 is 10.4 Å². The van der Waals surface area contributed by atoms with E-state index in [9.17, 15) is 4.79 Å². The third-order valence-corrected chi connectivity index (χ3v) is 2.46. The summed E-state index contributed by atoms with van der Waals surface area (Å²) in [7, 11) is 0. The molecular weight excluding hydrogens is 190 g/mol. The van der Waals surface area contributed by atoms with Crippen LogP contribution in [0.1, 0.15) is 39.0 Å². The average molecular weight is 208 g/mol. The number of hydrogen-bond donors (Lipinski definition) is 2. The van der Waals surface area contributed by atoms with Crippen molar-refractivity contribution in [3.05, 3.63) is 0 Å². The van der Waals surface area contributed by atoms with Crippen molar-refractivity contribution in [1.82, 2.24) is 5.32 Å². The van der Waals surface area contributed by atoms with Gasteiger partial charge in [0.1, 0.15) is 6.04 Å². The number of hydrogen-bond acceptors (Lipinski definition) is 2. The van der Waals surface area contributed by atoms with Crippen LogP contribution in [0.3, 0.4) is 0 Å². The zero-order valence-corrected chi connectivity index (χ0v) is 8.77. The highest BCUT2D eigenvalue weighted by Gasteiger charge is 2.18. The van der Waals surface area contributed by atoms with E-state index in [2.05, 4.69) is 5.32 Å². The molecule has 0 heterocycles. The third kappa shape index (κ3) is 4.48. The summed E-state index contributed by atoms with van der Waals surface area (Å²) in [4.78, 5) is 10.5. The maximum atomic E-state index is 10.5. The van der Waals surface area contributed by atoms with E-state index in [-0.39, 0.29) is 12.4 Å². The predicted octanol–water partition coefficient (Wildman–Crippen LogP) is 1.80. The lowest BCUT2D eigenvalue weighted by molar-refractivity contribution is -0.139. The first-order valence-corrected chi connectivity index (χ1v) is 4.69. The third-order valence-electron chi connectivity index (χ3n) is 2.46. The molecule has 0 saturated heterocycles. The number of nitrogens with one attached hydrogen (secondary N) is 1. The van der Waals surface area contributed by atoms with Gasteiger partial charge in [-0.1, -0.05) is 19.3 Å². The molecule has 1 fully saturated rings. The topological polar surface area (TPSA) is 49.3 Å². The van der Waals surface area contributed by atoms with Crippen LogP contribution in [-0.4, -0.2) is 23.2 Å². The zero-order valence-electron chi connectivity index (χ0n) is 7.95. The summed E-state index contributed by atoms with van der Waals surface area (Å²) in [5.74, 6) is -0.749. The Morgan fingerprint density at radius 2 is 1.92 bits per heavy atom. The Bertz CT molecular complexity index is 158. The second kappa shape index (κ2) is 6.22. The Morgan fingerprint density at radius 3 is 2.38 bits per heavy atom. The summed E-state index contributed by atoms with van der Waals surface area (Å²) in [6, 6.07) is 0.0398. The van der Waals surface area contributed by atoms with Crippen molar-refractivity contribution in [3.63, 3.8) is 0 Å². The molecule has 0 aromatic carbocycles. The van der Waals surface area contributed by atoms with Crippen molar-refractivity contribution in [2.75, 3.05) is 0 Å². The van der Waals surface area contributed by atoms with E-state index in [1.807, 2.05) is 0 Å². The number of rotatable bonds is 3. The molecule has 1 aliphatic rings. The van der Waals surface area contributed by atoms with Gasteiger partial charge in [0.25, 0.3) is 0 Å². The summed E-state index contributed by atoms with van der Waals surface area (Å²) in [5.41, 5.74) is 0. The molecule has 4 heteroatoms. The molecule has 1 atom stereocenters. The number of aliphatic carboxylic acids is 1. The maximum absolute atomic E-state index is 10.5. The molecule has 0 bridgehead atoms. The Kier molecular flexibility index (Phi) is 6.08. The molecule has 0 radical (unpaired) electrons. The number of carbonyl (C=O) groups is 1. The molecule has 0 amide bonds. The quantitative estimate of drug-likeness (QED) is 0.742. The van der Waals surface area contributed by atoms with Crippen LogP contribution in [-0.2, 0) is 4.79 Å². The fraction of sp³-hybridized carbons (Fsp3) is 0.889. The van der Waals surface area contributed by atoms with Gasteiger partial charge in [0.2, 0.25) is 0 Å². The molecule has 0 aromatic rings. The van der Waals surface area contributed by atoms with Crippen LogP contribution in [0.5, 0.6) is 0 Å². The van der Waals surface area contributed by atoms with Gasteiger partial charge in [0.05, 0.1) is 0 Å². The highest BCUT2D eigenvalue weighted by molar-refractivity contribution is 5.85. The van der Waals surface area contributed by atoms with Gasteiger partial charge in [-0.05, 0) is 19.8 Å². The molecule has 1 saturated carbocycles. The molecule has 0 aliphatic heterocycles. The van der Waals surface area contributed by atoms with Crippen LogP contribution >= 0.6 is 12.4 Å². The molecule has 2 N–H and O–H groups in total. The van der Waals surface area contributed by atoms with E-state index < -0.39 is 12.0 Å². The van der Waals surface area contributed by atoms with Gasteiger partial charge in [0, 0.05) is 6.04 Å². The van der Waals surface area contributed by atoms with E-state index in [0.29, 0.717) is 6.04 Å². The summed E-state index contributed by atoms with van der Waals surface area (Å²) >= 11 is 0. The molecule has 0 aromatic heterocycles. The molecule has 13 heavy (non-hydrogen) atoms. The van der Waals surface area contributed by atoms with Crippen LogP contribution in [0.4, 0.5) is 0 Å². The van der Waals surface area contributed by atoms with Crippen molar-refractivity contribution in [2.45, 2.75) is 51.1 Å². The first-order valence-electron chi connectivity index (χ1n) is 4.69. The monoisotopic (exact) mass is 207 g/mol. The van der Waals surface area contributed by atoms with Crippen LogP contribution in [0.2, 0.25) is 0 Å². The lowest BCUT2D eigenvalue weighted by Crippen LogP contribution is -2.42. The van der Waals surface area contributed by atoms with Crippen molar-refractivity contribution >= 4 is 18.4 Å².